The van der Waals surface area contributed by atoms with Crippen LogP contribution in [0.2, 0.25) is 0 Å². The minimum Gasteiger partial charge on any atom is -0.762 e. The highest BCUT2D eigenvalue weighted by atomic mass is 16.8. The van der Waals surface area contributed by atoms with Crippen molar-refractivity contribution >= 4 is 10.9 Å². The molecule has 1 heterocycles. The summed E-state index contributed by atoms with van der Waals surface area (Å²) in [6, 6.07) is 7.88. The summed E-state index contributed by atoms with van der Waals surface area (Å²) < 4.78 is 0. The highest BCUT2D eigenvalue weighted by Crippen LogP contribution is 2.17. The molecule has 4 nitrogen and oxygen atoms in total. The molecular formula is C10H11N2O2-. The van der Waals surface area contributed by atoms with E-state index in [9.17, 15) is 5.21 Å². The fourth-order valence-corrected chi connectivity index (χ4v) is 1.55. The molecule has 0 aliphatic carbocycles. The Bertz CT molecular complexity index is 423. The van der Waals surface area contributed by atoms with E-state index in [1.54, 1.807) is 0 Å². The average molecular weight is 191 g/mol. The van der Waals surface area contributed by atoms with Crippen LogP contribution in [-0.2, 0) is 6.42 Å². The van der Waals surface area contributed by atoms with Gasteiger partial charge in [0.2, 0.25) is 0 Å². The Hall–Kier alpha value is -1.36. The van der Waals surface area contributed by atoms with Gasteiger partial charge in [0.1, 0.15) is 0 Å². The highest BCUT2D eigenvalue weighted by molar-refractivity contribution is 5.83. The fraction of sp³-hybridized carbons (Fsp3) is 0.200. The minimum atomic E-state index is -0.0399. The second kappa shape index (κ2) is 3.79. The van der Waals surface area contributed by atoms with E-state index in [4.69, 9.17) is 5.21 Å². The molecule has 2 aromatic rings. The van der Waals surface area contributed by atoms with Crippen LogP contribution < -0.4 is 0 Å². The summed E-state index contributed by atoms with van der Waals surface area (Å²) in [5.74, 6) is 0. The van der Waals surface area contributed by atoms with Gasteiger partial charge >= 0.3 is 0 Å². The number of hydrogen-bond donors (Lipinski definition) is 2. The molecule has 0 amide bonds. The van der Waals surface area contributed by atoms with Crippen molar-refractivity contribution in [3.8, 4) is 0 Å². The van der Waals surface area contributed by atoms with Crippen LogP contribution in [-0.4, -0.2) is 22.0 Å². The number of aromatic nitrogens is 1. The predicted molar refractivity (Wildman–Crippen MR) is 53.9 cm³/mol. The van der Waals surface area contributed by atoms with Crippen LogP contribution in [0.3, 0.4) is 0 Å². The monoisotopic (exact) mass is 191 g/mol. The lowest BCUT2D eigenvalue weighted by Gasteiger charge is -2.18. The lowest BCUT2D eigenvalue weighted by molar-refractivity contribution is -0.0391. The van der Waals surface area contributed by atoms with E-state index in [-0.39, 0.29) is 11.8 Å². The van der Waals surface area contributed by atoms with Crippen molar-refractivity contribution < 1.29 is 5.21 Å². The first kappa shape index (κ1) is 9.21. The van der Waals surface area contributed by atoms with Gasteiger partial charge in [-0.3, -0.25) is 5.23 Å². The van der Waals surface area contributed by atoms with Crippen molar-refractivity contribution in [3.63, 3.8) is 0 Å². The molecule has 2 rings (SSSR count). The van der Waals surface area contributed by atoms with Crippen molar-refractivity contribution in [2.24, 2.45) is 0 Å². The van der Waals surface area contributed by atoms with Crippen molar-refractivity contribution in [1.82, 2.24) is 10.2 Å². The van der Waals surface area contributed by atoms with Gasteiger partial charge in [-0.2, -0.15) is 0 Å². The first-order valence-electron chi connectivity index (χ1n) is 4.46. The third kappa shape index (κ3) is 1.77. The molecule has 14 heavy (non-hydrogen) atoms. The summed E-state index contributed by atoms with van der Waals surface area (Å²) in [7, 11) is 0. The maximum Gasteiger partial charge on any atom is 0.0456 e. The Kier molecular flexibility index (Phi) is 2.49. The van der Waals surface area contributed by atoms with Crippen LogP contribution in [0.15, 0.2) is 30.5 Å². The van der Waals surface area contributed by atoms with Gasteiger partial charge in [-0.05, 0) is 18.1 Å². The summed E-state index contributed by atoms with van der Waals surface area (Å²) in [4.78, 5) is 3.11. The number of nitrogens with one attached hydrogen (secondary N) is 1. The van der Waals surface area contributed by atoms with Gasteiger partial charge in [0.25, 0.3) is 0 Å². The smallest absolute Gasteiger partial charge is 0.0456 e. The van der Waals surface area contributed by atoms with Crippen molar-refractivity contribution in [2.45, 2.75) is 6.42 Å². The number of nitrogens with zero attached hydrogens (tertiary/aromatic N) is 1. The van der Waals surface area contributed by atoms with Crippen LogP contribution in [0.4, 0.5) is 0 Å². The molecule has 0 spiro atoms. The van der Waals surface area contributed by atoms with Gasteiger partial charge in [-0.15, -0.1) is 0 Å². The molecule has 1 aromatic carbocycles. The fourth-order valence-electron chi connectivity index (χ4n) is 1.55. The number of hydroxylamine groups is 2. The molecule has 0 aliphatic rings. The minimum absolute atomic E-state index is 0.0399. The molecule has 0 atom stereocenters. The summed E-state index contributed by atoms with van der Waals surface area (Å²) >= 11 is 0. The van der Waals surface area contributed by atoms with Gasteiger partial charge in [-0.25, -0.2) is 0 Å². The average Bonchev–Trinajstić information content (AvgIpc) is 2.58. The van der Waals surface area contributed by atoms with Crippen molar-refractivity contribution in [3.05, 3.63) is 41.2 Å². The van der Waals surface area contributed by atoms with Gasteiger partial charge < -0.3 is 15.4 Å². The number of fused-ring (bicyclic) bond motifs is 1. The summed E-state index contributed by atoms with van der Waals surface area (Å²) in [5, 5.41) is 19.9. The Morgan fingerprint density at radius 2 is 2.14 bits per heavy atom. The van der Waals surface area contributed by atoms with E-state index in [1.165, 1.54) is 0 Å². The lowest BCUT2D eigenvalue weighted by Crippen LogP contribution is -2.13. The zero-order valence-corrected chi connectivity index (χ0v) is 7.60. The molecule has 0 bridgehead atoms. The van der Waals surface area contributed by atoms with Crippen LogP contribution in [0.25, 0.3) is 10.9 Å². The predicted octanol–water partition coefficient (Wildman–Crippen LogP) is 1.90. The number of aromatic amines is 1. The van der Waals surface area contributed by atoms with E-state index in [0.29, 0.717) is 6.42 Å². The largest absolute Gasteiger partial charge is 0.762 e. The molecular weight excluding hydrogens is 180 g/mol. The SMILES string of the molecule is [O-]N(O)CCc1c[nH]c2ccccc12. The number of para-hydroxylation sites is 1. The summed E-state index contributed by atoms with van der Waals surface area (Å²) in [6.07, 6.45) is 2.41. The standard InChI is InChI=1S/C10H11N2O2/c13-12(14)6-5-8-7-11-10-4-2-1-3-9(8)10/h1-4,7,11,13H,5-6H2/q-1. The second-order valence-corrected chi connectivity index (χ2v) is 3.19. The summed E-state index contributed by atoms with van der Waals surface area (Å²) in [6.45, 7) is 0.0991. The molecule has 0 aliphatic heterocycles. The van der Waals surface area contributed by atoms with Gasteiger partial charge in [0.05, 0.1) is 0 Å². The van der Waals surface area contributed by atoms with E-state index in [2.05, 4.69) is 4.98 Å². The zero-order chi connectivity index (χ0) is 9.97. The molecule has 2 N–H and O–H groups in total. The van der Waals surface area contributed by atoms with E-state index in [0.717, 1.165) is 16.5 Å². The molecule has 0 fully saturated rings. The molecule has 0 unspecified atom stereocenters. The molecule has 4 heteroatoms. The molecule has 0 radical (unpaired) electrons. The lowest BCUT2D eigenvalue weighted by atomic mass is 10.1. The van der Waals surface area contributed by atoms with E-state index >= 15 is 0 Å². The zero-order valence-electron chi connectivity index (χ0n) is 7.60. The van der Waals surface area contributed by atoms with E-state index in [1.807, 2.05) is 30.5 Å². The first-order valence-corrected chi connectivity index (χ1v) is 4.46. The van der Waals surface area contributed by atoms with E-state index < -0.39 is 0 Å². The third-order valence-corrected chi connectivity index (χ3v) is 2.25. The Balaban J connectivity index is 2.25. The molecule has 1 aromatic heterocycles. The third-order valence-electron chi connectivity index (χ3n) is 2.25. The first-order chi connectivity index (χ1) is 6.77. The Morgan fingerprint density at radius 3 is 2.93 bits per heavy atom. The maximum atomic E-state index is 10.3. The van der Waals surface area contributed by atoms with Gasteiger partial charge in [0, 0.05) is 23.6 Å². The van der Waals surface area contributed by atoms with Crippen molar-refractivity contribution in [1.29, 1.82) is 0 Å². The quantitative estimate of drug-likeness (QED) is 0.728. The Morgan fingerprint density at radius 1 is 1.36 bits per heavy atom. The van der Waals surface area contributed by atoms with Crippen LogP contribution in [0.5, 0.6) is 0 Å². The molecule has 0 saturated carbocycles. The Labute approximate surface area is 81.3 Å². The van der Waals surface area contributed by atoms with Crippen LogP contribution in [0.1, 0.15) is 5.56 Å². The normalized spacial score (nSPS) is 11.4. The van der Waals surface area contributed by atoms with Crippen LogP contribution >= 0.6 is 0 Å². The highest BCUT2D eigenvalue weighted by Gasteiger charge is 2.01. The number of hydrogen-bond acceptors (Lipinski definition) is 3. The number of benzene rings is 1. The molecule has 0 saturated heterocycles. The number of rotatable bonds is 3. The summed E-state index contributed by atoms with van der Waals surface area (Å²) in [5.41, 5.74) is 2.10. The topological polar surface area (TPSA) is 62.3 Å². The number of H-pyrrole nitrogens is 1. The van der Waals surface area contributed by atoms with Crippen LogP contribution in [0, 0.1) is 5.21 Å². The van der Waals surface area contributed by atoms with Gasteiger partial charge in [0.15, 0.2) is 0 Å². The second-order valence-electron chi connectivity index (χ2n) is 3.19. The van der Waals surface area contributed by atoms with Gasteiger partial charge in [-0.1, -0.05) is 18.2 Å². The van der Waals surface area contributed by atoms with Crippen molar-refractivity contribution in [2.75, 3.05) is 6.54 Å². The maximum absolute atomic E-state index is 10.3. The molecule has 74 valence electrons.